The average Bonchev–Trinajstić information content (AvgIpc) is 2.04. The predicted octanol–water partition coefficient (Wildman–Crippen LogP) is 2.68. The van der Waals surface area contributed by atoms with Gasteiger partial charge in [0.2, 0.25) is 0 Å². The van der Waals surface area contributed by atoms with E-state index in [1.807, 2.05) is 24.3 Å². The molecule has 0 aliphatic carbocycles. The largest absolute Gasteiger partial charge is 0.460 e. The van der Waals surface area contributed by atoms with Gasteiger partial charge >= 0.3 is 0 Å². The normalized spacial score (nSPS) is 14.1. The van der Waals surface area contributed by atoms with Crippen molar-refractivity contribution < 1.29 is 4.74 Å². The summed E-state index contributed by atoms with van der Waals surface area (Å²) >= 11 is 3.28. The smallest absolute Gasteiger partial charge is 0.150 e. The lowest BCUT2D eigenvalue weighted by atomic mass is 10.3. The molecule has 0 bridgehead atoms. The van der Waals surface area contributed by atoms with Crippen LogP contribution in [0.5, 0.6) is 5.75 Å². The van der Waals surface area contributed by atoms with E-state index >= 15 is 0 Å². The topological polar surface area (TPSA) is 21.3 Å². The van der Waals surface area contributed by atoms with Crippen LogP contribution in [0, 0.1) is 0 Å². The summed E-state index contributed by atoms with van der Waals surface area (Å²) in [6, 6.07) is 7.77. The van der Waals surface area contributed by atoms with Crippen LogP contribution in [0.3, 0.4) is 0 Å². The number of para-hydroxylation sites is 2. The fourth-order valence-electron chi connectivity index (χ4n) is 0.946. The molecule has 1 heterocycles. The molecule has 0 saturated heterocycles. The zero-order valence-electron chi connectivity index (χ0n) is 5.67. The zero-order valence-corrected chi connectivity index (χ0v) is 7.26. The van der Waals surface area contributed by atoms with Crippen molar-refractivity contribution in [2.75, 3.05) is 5.32 Å². The third kappa shape index (κ3) is 1.24. The SMILES string of the molecule is BrC1=COc2ccccc2N1. The first-order valence-electron chi connectivity index (χ1n) is 3.24. The van der Waals surface area contributed by atoms with Gasteiger partial charge in [-0.2, -0.15) is 0 Å². The number of benzene rings is 1. The third-order valence-corrected chi connectivity index (χ3v) is 1.82. The minimum absolute atomic E-state index is 0.844. The summed E-state index contributed by atoms with van der Waals surface area (Å²) in [5.41, 5.74) is 0.988. The van der Waals surface area contributed by atoms with E-state index in [4.69, 9.17) is 4.74 Å². The Balaban J connectivity index is 2.42. The molecule has 1 aromatic rings. The fourth-order valence-corrected chi connectivity index (χ4v) is 1.25. The fraction of sp³-hybridized carbons (Fsp3) is 0. The van der Waals surface area contributed by atoms with Gasteiger partial charge in [-0.05, 0) is 28.1 Å². The monoisotopic (exact) mass is 211 g/mol. The number of ether oxygens (including phenoxy) is 1. The van der Waals surface area contributed by atoms with Gasteiger partial charge in [0.05, 0.1) is 5.69 Å². The highest BCUT2D eigenvalue weighted by Gasteiger charge is 2.07. The summed E-state index contributed by atoms with van der Waals surface area (Å²) in [6.45, 7) is 0. The summed E-state index contributed by atoms with van der Waals surface area (Å²) in [5.74, 6) is 0.857. The lowest BCUT2D eigenvalue weighted by molar-refractivity contribution is 0.476. The second-order valence-corrected chi connectivity index (χ2v) is 3.06. The Morgan fingerprint density at radius 3 is 3.00 bits per heavy atom. The van der Waals surface area contributed by atoms with E-state index in [0.29, 0.717) is 0 Å². The van der Waals surface area contributed by atoms with Crippen molar-refractivity contribution >= 4 is 21.6 Å². The van der Waals surface area contributed by atoms with Gasteiger partial charge in [0.15, 0.2) is 0 Å². The van der Waals surface area contributed by atoms with Crippen LogP contribution in [0.1, 0.15) is 0 Å². The van der Waals surface area contributed by atoms with Gasteiger partial charge in [0.25, 0.3) is 0 Å². The lowest BCUT2D eigenvalue weighted by Gasteiger charge is -2.14. The second kappa shape index (κ2) is 2.58. The highest BCUT2D eigenvalue weighted by atomic mass is 79.9. The molecule has 0 unspecified atom stereocenters. The first-order valence-corrected chi connectivity index (χ1v) is 4.04. The van der Waals surface area contributed by atoms with Crippen LogP contribution in [0.15, 0.2) is 35.1 Å². The number of rotatable bonds is 0. The number of hydrogen-bond acceptors (Lipinski definition) is 2. The van der Waals surface area contributed by atoms with E-state index in [-0.39, 0.29) is 0 Å². The molecule has 1 N–H and O–H groups in total. The minimum Gasteiger partial charge on any atom is -0.460 e. The molecule has 3 heteroatoms. The van der Waals surface area contributed by atoms with E-state index in [9.17, 15) is 0 Å². The van der Waals surface area contributed by atoms with Gasteiger partial charge < -0.3 is 10.1 Å². The maximum atomic E-state index is 5.26. The molecular formula is C8H6BrNO. The first kappa shape index (κ1) is 6.73. The van der Waals surface area contributed by atoms with Crippen LogP contribution in [0.25, 0.3) is 0 Å². The van der Waals surface area contributed by atoms with Gasteiger partial charge in [-0.1, -0.05) is 12.1 Å². The summed E-state index contributed by atoms with van der Waals surface area (Å²) in [4.78, 5) is 0. The van der Waals surface area contributed by atoms with E-state index in [1.54, 1.807) is 6.26 Å². The number of anilines is 1. The number of hydrogen-bond donors (Lipinski definition) is 1. The Hall–Kier alpha value is -0.960. The molecule has 0 saturated carbocycles. The van der Waals surface area contributed by atoms with Crippen molar-refractivity contribution in [1.29, 1.82) is 0 Å². The van der Waals surface area contributed by atoms with Crippen LogP contribution in [0.2, 0.25) is 0 Å². The minimum atomic E-state index is 0.844. The van der Waals surface area contributed by atoms with E-state index in [1.165, 1.54) is 0 Å². The van der Waals surface area contributed by atoms with Crippen molar-refractivity contribution in [3.8, 4) is 5.75 Å². The molecule has 0 atom stereocenters. The molecule has 1 aliphatic heterocycles. The number of halogens is 1. The van der Waals surface area contributed by atoms with Gasteiger partial charge in [-0.25, -0.2) is 0 Å². The first-order chi connectivity index (χ1) is 5.36. The van der Waals surface area contributed by atoms with Crippen LogP contribution in [0.4, 0.5) is 5.69 Å². The molecule has 0 amide bonds. The third-order valence-electron chi connectivity index (χ3n) is 1.43. The van der Waals surface area contributed by atoms with E-state index < -0.39 is 0 Å². The van der Waals surface area contributed by atoms with Gasteiger partial charge in [-0.15, -0.1) is 0 Å². The Kier molecular flexibility index (Phi) is 1.58. The molecule has 56 valence electrons. The van der Waals surface area contributed by atoms with Gasteiger partial charge in [0, 0.05) is 0 Å². The molecule has 0 fully saturated rings. The number of fused-ring (bicyclic) bond motifs is 1. The molecular weight excluding hydrogens is 206 g/mol. The Morgan fingerprint density at radius 2 is 2.09 bits per heavy atom. The van der Waals surface area contributed by atoms with Gasteiger partial charge in [-0.3, -0.25) is 0 Å². The quantitative estimate of drug-likeness (QED) is 0.667. The van der Waals surface area contributed by atoms with Crippen molar-refractivity contribution in [2.45, 2.75) is 0 Å². The van der Waals surface area contributed by atoms with E-state index in [0.717, 1.165) is 16.0 Å². The van der Waals surface area contributed by atoms with Crippen molar-refractivity contribution in [1.82, 2.24) is 0 Å². The molecule has 0 spiro atoms. The van der Waals surface area contributed by atoms with Crippen molar-refractivity contribution in [3.63, 3.8) is 0 Å². The Labute approximate surface area is 73.0 Å². The Morgan fingerprint density at radius 1 is 1.27 bits per heavy atom. The summed E-state index contributed by atoms with van der Waals surface area (Å²) in [7, 11) is 0. The Bertz CT molecular complexity index is 309. The van der Waals surface area contributed by atoms with Crippen molar-refractivity contribution in [2.24, 2.45) is 0 Å². The summed E-state index contributed by atoms with van der Waals surface area (Å²) in [6.07, 6.45) is 1.63. The van der Waals surface area contributed by atoms with Crippen LogP contribution < -0.4 is 10.1 Å². The lowest BCUT2D eigenvalue weighted by Crippen LogP contribution is -2.02. The maximum absolute atomic E-state index is 5.26. The molecule has 2 rings (SSSR count). The molecule has 1 aliphatic rings. The molecule has 0 aromatic heterocycles. The highest BCUT2D eigenvalue weighted by molar-refractivity contribution is 9.11. The van der Waals surface area contributed by atoms with Gasteiger partial charge in [0.1, 0.15) is 16.6 Å². The van der Waals surface area contributed by atoms with Crippen LogP contribution in [-0.2, 0) is 0 Å². The number of nitrogens with one attached hydrogen (secondary N) is 1. The zero-order chi connectivity index (χ0) is 7.68. The average molecular weight is 212 g/mol. The molecule has 1 aromatic carbocycles. The predicted molar refractivity (Wildman–Crippen MR) is 47.7 cm³/mol. The highest BCUT2D eigenvalue weighted by Crippen LogP contribution is 2.30. The van der Waals surface area contributed by atoms with Crippen molar-refractivity contribution in [3.05, 3.63) is 35.1 Å². The summed E-state index contributed by atoms with van der Waals surface area (Å²) < 4.78 is 6.11. The molecule has 0 radical (unpaired) electrons. The maximum Gasteiger partial charge on any atom is 0.150 e. The standard InChI is InChI=1S/C8H6BrNO/c9-8-5-11-7-4-2-1-3-6(7)10-8/h1-5,10H. The molecule has 2 nitrogen and oxygen atoms in total. The van der Waals surface area contributed by atoms with E-state index in [2.05, 4.69) is 21.2 Å². The second-order valence-electron chi connectivity index (χ2n) is 2.20. The van der Waals surface area contributed by atoms with Crippen LogP contribution in [-0.4, -0.2) is 0 Å². The molecule has 11 heavy (non-hydrogen) atoms. The summed E-state index contributed by atoms with van der Waals surface area (Å²) in [5, 5.41) is 3.11. The van der Waals surface area contributed by atoms with Crippen LogP contribution >= 0.6 is 15.9 Å².